The maximum absolute atomic E-state index is 5.20. The summed E-state index contributed by atoms with van der Waals surface area (Å²) in [5, 5.41) is 3.40. The standard InChI is InChI=1S/C16H30N4O/c1-6-8-17-11-15-12-18-16(19-14(15)4)20(9-10-21-5)13(3)7-2/h12-13,17H,6-11H2,1-5H3. The first-order chi connectivity index (χ1) is 10.1. The van der Waals surface area contributed by atoms with Crippen molar-refractivity contribution in [2.75, 3.05) is 31.7 Å². The van der Waals surface area contributed by atoms with Gasteiger partial charge in [0.2, 0.25) is 5.95 Å². The molecule has 1 aromatic rings. The van der Waals surface area contributed by atoms with Gasteiger partial charge in [-0.15, -0.1) is 0 Å². The second kappa shape index (κ2) is 9.68. The summed E-state index contributed by atoms with van der Waals surface area (Å²) in [6, 6.07) is 0.406. The highest BCUT2D eigenvalue weighted by molar-refractivity contribution is 5.34. The Hall–Kier alpha value is -1.20. The highest BCUT2D eigenvalue weighted by Crippen LogP contribution is 2.15. The van der Waals surface area contributed by atoms with Gasteiger partial charge in [0.25, 0.3) is 0 Å². The van der Waals surface area contributed by atoms with E-state index in [0.29, 0.717) is 12.6 Å². The van der Waals surface area contributed by atoms with E-state index in [1.165, 1.54) is 5.56 Å². The van der Waals surface area contributed by atoms with Crippen molar-refractivity contribution in [2.45, 2.75) is 53.1 Å². The summed E-state index contributed by atoms with van der Waals surface area (Å²) in [5.74, 6) is 0.804. The summed E-state index contributed by atoms with van der Waals surface area (Å²) in [6.45, 7) is 12.0. The van der Waals surface area contributed by atoms with Gasteiger partial charge in [-0.3, -0.25) is 0 Å². The van der Waals surface area contributed by atoms with E-state index in [4.69, 9.17) is 9.72 Å². The third-order valence-corrected chi connectivity index (χ3v) is 3.73. The zero-order valence-electron chi connectivity index (χ0n) is 14.1. The molecule has 0 fully saturated rings. The quantitative estimate of drug-likeness (QED) is 0.672. The van der Waals surface area contributed by atoms with Gasteiger partial charge in [0, 0.05) is 43.7 Å². The van der Waals surface area contributed by atoms with E-state index in [9.17, 15) is 0 Å². The molecule has 0 spiro atoms. The van der Waals surface area contributed by atoms with Crippen LogP contribution in [0.5, 0.6) is 0 Å². The largest absolute Gasteiger partial charge is 0.383 e. The molecule has 0 bridgehead atoms. The average molecular weight is 294 g/mol. The summed E-state index contributed by atoms with van der Waals surface area (Å²) >= 11 is 0. The molecule has 0 aliphatic heterocycles. The van der Waals surface area contributed by atoms with Crippen molar-refractivity contribution in [1.29, 1.82) is 0 Å². The maximum atomic E-state index is 5.20. The summed E-state index contributed by atoms with van der Waals surface area (Å²) in [7, 11) is 1.73. The third-order valence-electron chi connectivity index (χ3n) is 3.73. The number of methoxy groups -OCH3 is 1. The Labute approximate surface area is 129 Å². The van der Waals surface area contributed by atoms with E-state index in [-0.39, 0.29) is 0 Å². The fourth-order valence-corrected chi connectivity index (χ4v) is 2.12. The minimum atomic E-state index is 0.406. The van der Waals surface area contributed by atoms with Gasteiger partial charge in [-0.25, -0.2) is 9.97 Å². The minimum absolute atomic E-state index is 0.406. The Balaban J connectivity index is 2.82. The van der Waals surface area contributed by atoms with Crippen molar-refractivity contribution in [3.8, 4) is 0 Å². The van der Waals surface area contributed by atoms with Gasteiger partial charge in [0.05, 0.1) is 6.61 Å². The number of anilines is 1. The minimum Gasteiger partial charge on any atom is -0.383 e. The number of ether oxygens (including phenoxy) is 1. The van der Waals surface area contributed by atoms with Crippen LogP contribution in [-0.4, -0.2) is 42.8 Å². The topological polar surface area (TPSA) is 50.3 Å². The molecular formula is C16H30N4O. The second-order valence-electron chi connectivity index (χ2n) is 5.40. The first-order valence-corrected chi connectivity index (χ1v) is 7.92. The van der Waals surface area contributed by atoms with Crippen molar-refractivity contribution >= 4 is 5.95 Å². The van der Waals surface area contributed by atoms with E-state index < -0.39 is 0 Å². The van der Waals surface area contributed by atoms with Crippen LogP contribution in [0.15, 0.2) is 6.20 Å². The molecule has 0 radical (unpaired) electrons. The van der Waals surface area contributed by atoms with Crippen LogP contribution < -0.4 is 10.2 Å². The number of nitrogens with zero attached hydrogens (tertiary/aromatic N) is 3. The Morgan fingerprint density at radius 2 is 2.14 bits per heavy atom. The molecule has 0 saturated heterocycles. The Morgan fingerprint density at radius 3 is 2.71 bits per heavy atom. The van der Waals surface area contributed by atoms with E-state index in [2.05, 4.69) is 42.9 Å². The normalized spacial score (nSPS) is 12.4. The number of aryl methyl sites for hydroxylation is 1. The molecule has 1 unspecified atom stereocenters. The van der Waals surface area contributed by atoms with Crippen molar-refractivity contribution < 1.29 is 4.74 Å². The van der Waals surface area contributed by atoms with Crippen molar-refractivity contribution in [2.24, 2.45) is 0 Å². The highest BCUT2D eigenvalue weighted by atomic mass is 16.5. The Kier molecular flexibility index (Phi) is 8.23. The van der Waals surface area contributed by atoms with Gasteiger partial charge in [-0.2, -0.15) is 0 Å². The number of nitrogens with one attached hydrogen (secondary N) is 1. The lowest BCUT2D eigenvalue weighted by Gasteiger charge is -2.28. The molecular weight excluding hydrogens is 264 g/mol. The van der Waals surface area contributed by atoms with Crippen LogP contribution in [0.4, 0.5) is 5.95 Å². The monoisotopic (exact) mass is 294 g/mol. The number of rotatable bonds is 10. The average Bonchev–Trinajstić information content (AvgIpc) is 2.49. The van der Waals surface area contributed by atoms with Gasteiger partial charge in [0.15, 0.2) is 0 Å². The summed E-state index contributed by atoms with van der Waals surface area (Å²) in [5.41, 5.74) is 2.22. The molecule has 1 heterocycles. The van der Waals surface area contributed by atoms with Crippen LogP contribution in [-0.2, 0) is 11.3 Å². The smallest absolute Gasteiger partial charge is 0.225 e. The molecule has 0 saturated carbocycles. The lowest BCUT2D eigenvalue weighted by Crippen LogP contribution is -2.37. The lowest BCUT2D eigenvalue weighted by molar-refractivity contribution is 0.203. The lowest BCUT2D eigenvalue weighted by atomic mass is 10.2. The fraction of sp³-hybridized carbons (Fsp3) is 0.750. The van der Waals surface area contributed by atoms with Crippen molar-refractivity contribution in [1.82, 2.24) is 15.3 Å². The molecule has 0 aliphatic carbocycles. The molecule has 0 aliphatic rings. The molecule has 5 heteroatoms. The predicted molar refractivity (Wildman–Crippen MR) is 87.7 cm³/mol. The fourth-order valence-electron chi connectivity index (χ4n) is 2.12. The summed E-state index contributed by atoms with van der Waals surface area (Å²) in [4.78, 5) is 11.5. The van der Waals surface area contributed by atoms with Crippen LogP contribution in [0.1, 0.15) is 44.9 Å². The van der Waals surface area contributed by atoms with Gasteiger partial charge in [0.1, 0.15) is 0 Å². The SMILES string of the molecule is CCCNCc1cnc(N(CCOC)C(C)CC)nc1C. The molecule has 1 N–H and O–H groups in total. The zero-order valence-corrected chi connectivity index (χ0v) is 14.1. The van der Waals surface area contributed by atoms with Gasteiger partial charge < -0.3 is 15.0 Å². The molecule has 1 aromatic heterocycles. The number of hydrogen-bond acceptors (Lipinski definition) is 5. The van der Waals surface area contributed by atoms with Crippen LogP contribution in [0.2, 0.25) is 0 Å². The Bertz CT molecular complexity index is 411. The Morgan fingerprint density at radius 1 is 1.38 bits per heavy atom. The zero-order chi connectivity index (χ0) is 15.7. The molecule has 21 heavy (non-hydrogen) atoms. The number of aromatic nitrogens is 2. The molecule has 1 atom stereocenters. The molecule has 5 nitrogen and oxygen atoms in total. The molecule has 1 rings (SSSR count). The van der Waals surface area contributed by atoms with Gasteiger partial charge in [-0.1, -0.05) is 13.8 Å². The summed E-state index contributed by atoms with van der Waals surface area (Å²) in [6.07, 6.45) is 4.14. The second-order valence-corrected chi connectivity index (χ2v) is 5.40. The molecule has 0 aromatic carbocycles. The van der Waals surface area contributed by atoms with E-state index in [1.54, 1.807) is 7.11 Å². The third kappa shape index (κ3) is 5.59. The highest BCUT2D eigenvalue weighted by Gasteiger charge is 2.16. The number of hydrogen-bond donors (Lipinski definition) is 1. The van der Waals surface area contributed by atoms with Crippen LogP contribution >= 0.6 is 0 Å². The predicted octanol–water partition coefficient (Wildman–Crippen LogP) is 2.54. The van der Waals surface area contributed by atoms with Gasteiger partial charge in [-0.05, 0) is 33.2 Å². The van der Waals surface area contributed by atoms with Crippen LogP contribution in [0.25, 0.3) is 0 Å². The summed E-state index contributed by atoms with van der Waals surface area (Å²) < 4.78 is 5.20. The van der Waals surface area contributed by atoms with E-state index >= 15 is 0 Å². The first kappa shape index (κ1) is 17.9. The van der Waals surface area contributed by atoms with E-state index in [0.717, 1.165) is 44.1 Å². The van der Waals surface area contributed by atoms with Crippen molar-refractivity contribution in [3.63, 3.8) is 0 Å². The van der Waals surface area contributed by atoms with Crippen LogP contribution in [0.3, 0.4) is 0 Å². The molecule has 120 valence electrons. The first-order valence-electron chi connectivity index (χ1n) is 7.92. The molecule has 0 amide bonds. The van der Waals surface area contributed by atoms with Gasteiger partial charge >= 0.3 is 0 Å². The van der Waals surface area contributed by atoms with Crippen molar-refractivity contribution in [3.05, 3.63) is 17.5 Å². The maximum Gasteiger partial charge on any atom is 0.225 e. The van der Waals surface area contributed by atoms with E-state index in [1.807, 2.05) is 6.20 Å². The van der Waals surface area contributed by atoms with Crippen LogP contribution in [0, 0.1) is 6.92 Å².